The van der Waals surface area contributed by atoms with Crippen molar-refractivity contribution < 1.29 is 17.9 Å². The number of nitrogens with one attached hydrogen (secondary N) is 1. The summed E-state index contributed by atoms with van der Waals surface area (Å²) < 4.78 is 32.0. The Hall–Kier alpha value is -1.48. The molecule has 0 radical (unpaired) electrons. The number of piperidine rings is 1. The normalized spacial score (nSPS) is 19.9. The third kappa shape index (κ3) is 6.25. The third-order valence-electron chi connectivity index (χ3n) is 5.66. The van der Waals surface area contributed by atoms with Crippen LogP contribution in [0.5, 0.6) is 0 Å². The molecule has 7 nitrogen and oxygen atoms in total. The molecule has 2 aliphatic rings. The summed E-state index contributed by atoms with van der Waals surface area (Å²) in [5, 5.41) is 3.15. The number of nitrogens with zero attached hydrogens (tertiary/aromatic N) is 2. The molecule has 3 rings (SSSR count). The zero-order chi connectivity index (χ0) is 20.7. The van der Waals surface area contributed by atoms with Crippen molar-refractivity contribution in [1.82, 2.24) is 14.5 Å². The monoisotopic (exact) mass is 423 g/mol. The number of aryl methyl sites for hydroxylation is 1. The highest BCUT2D eigenvalue weighted by atomic mass is 32.2. The summed E-state index contributed by atoms with van der Waals surface area (Å²) in [6, 6.07) is 7.17. The number of benzene rings is 1. The molecule has 0 saturated carbocycles. The highest BCUT2D eigenvalue weighted by Gasteiger charge is 2.26. The molecule has 2 fully saturated rings. The van der Waals surface area contributed by atoms with E-state index in [4.69, 9.17) is 4.74 Å². The van der Waals surface area contributed by atoms with Crippen LogP contribution in [0.15, 0.2) is 29.2 Å². The summed E-state index contributed by atoms with van der Waals surface area (Å²) in [6.07, 6.45) is 4.23. The fourth-order valence-electron chi connectivity index (χ4n) is 3.94. The minimum Gasteiger partial charge on any atom is -0.379 e. The van der Waals surface area contributed by atoms with E-state index in [9.17, 15) is 13.2 Å². The molecule has 0 aliphatic carbocycles. The number of hydrogen-bond donors (Lipinski definition) is 1. The molecule has 1 N–H and O–H groups in total. The number of rotatable bonds is 8. The summed E-state index contributed by atoms with van der Waals surface area (Å²) in [5.74, 6) is 0.0731. The molecule has 1 aromatic rings. The standard InChI is InChI=1S/C21H33N3O4S/c1-2-11-23-12-9-19(10-13-23)22-21(25)8-5-18-3-6-20(7-4-18)29(26,27)24-14-16-28-17-15-24/h3-4,6-7,19H,2,5,8-17H2,1H3,(H,22,25). The van der Waals surface area contributed by atoms with Crippen LogP contribution < -0.4 is 5.32 Å². The fourth-order valence-corrected chi connectivity index (χ4v) is 5.35. The van der Waals surface area contributed by atoms with Gasteiger partial charge in [0.05, 0.1) is 18.1 Å². The van der Waals surface area contributed by atoms with Gasteiger partial charge in [0.2, 0.25) is 15.9 Å². The largest absolute Gasteiger partial charge is 0.379 e. The Bertz CT molecular complexity index is 753. The number of hydrogen-bond acceptors (Lipinski definition) is 5. The van der Waals surface area contributed by atoms with Crippen LogP contribution in [-0.4, -0.2) is 75.5 Å². The molecule has 2 saturated heterocycles. The first-order chi connectivity index (χ1) is 14.0. The molecule has 29 heavy (non-hydrogen) atoms. The zero-order valence-corrected chi connectivity index (χ0v) is 18.1. The Morgan fingerprint density at radius 1 is 1.10 bits per heavy atom. The van der Waals surface area contributed by atoms with Crippen LogP contribution in [0.25, 0.3) is 0 Å². The Kier molecular flexibility index (Phi) is 8.06. The maximum atomic E-state index is 12.7. The lowest BCUT2D eigenvalue weighted by Crippen LogP contribution is -2.44. The van der Waals surface area contributed by atoms with Gasteiger partial charge in [-0.1, -0.05) is 19.1 Å². The van der Waals surface area contributed by atoms with Gasteiger partial charge < -0.3 is 15.0 Å². The van der Waals surface area contributed by atoms with Crippen molar-refractivity contribution in [3.05, 3.63) is 29.8 Å². The molecule has 0 bridgehead atoms. The average Bonchev–Trinajstić information content (AvgIpc) is 2.75. The van der Waals surface area contributed by atoms with Gasteiger partial charge in [0, 0.05) is 38.6 Å². The van der Waals surface area contributed by atoms with Crippen LogP contribution in [0.3, 0.4) is 0 Å². The van der Waals surface area contributed by atoms with Gasteiger partial charge >= 0.3 is 0 Å². The predicted octanol–water partition coefficient (Wildman–Crippen LogP) is 1.63. The fraction of sp³-hybridized carbons (Fsp3) is 0.667. The van der Waals surface area contributed by atoms with Gasteiger partial charge in [0.1, 0.15) is 0 Å². The van der Waals surface area contributed by atoms with Gasteiger partial charge in [-0.25, -0.2) is 8.42 Å². The van der Waals surface area contributed by atoms with E-state index >= 15 is 0 Å². The molecule has 0 atom stereocenters. The summed E-state index contributed by atoms with van der Waals surface area (Å²) >= 11 is 0. The first-order valence-corrected chi connectivity index (χ1v) is 12.1. The second-order valence-corrected chi connectivity index (χ2v) is 9.78. The zero-order valence-electron chi connectivity index (χ0n) is 17.3. The van der Waals surface area contributed by atoms with Crippen LogP contribution in [0.2, 0.25) is 0 Å². The summed E-state index contributed by atoms with van der Waals surface area (Å²) in [4.78, 5) is 15.0. The lowest BCUT2D eigenvalue weighted by Gasteiger charge is -2.32. The molecule has 2 heterocycles. The van der Waals surface area contributed by atoms with Crippen molar-refractivity contribution >= 4 is 15.9 Å². The Morgan fingerprint density at radius 2 is 1.76 bits per heavy atom. The predicted molar refractivity (Wildman–Crippen MR) is 112 cm³/mol. The van der Waals surface area contributed by atoms with Gasteiger partial charge in [0.25, 0.3) is 0 Å². The van der Waals surface area contributed by atoms with Crippen LogP contribution in [0.4, 0.5) is 0 Å². The molecule has 2 aliphatic heterocycles. The Labute approximate surface area is 174 Å². The first kappa shape index (κ1) is 22.2. The first-order valence-electron chi connectivity index (χ1n) is 10.7. The summed E-state index contributed by atoms with van der Waals surface area (Å²) in [5.41, 5.74) is 0.971. The van der Waals surface area contributed by atoms with Crippen molar-refractivity contribution in [3.8, 4) is 0 Å². The maximum Gasteiger partial charge on any atom is 0.243 e. The number of carbonyl (C=O) groups is 1. The Balaban J connectivity index is 1.44. The molecule has 8 heteroatoms. The van der Waals surface area contributed by atoms with E-state index in [-0.39, 0.29) is 11.9 Å². The van der Waals surface area contributed by atoms with E-state index < -0.39 is 10.0 Å². The highest BCUT2D eigenvalue weighted by molar-refractivity contribution is 7.89. The van der Waals surface area contributed by atoms with Crippen LogP contribution in [-0.2, 0) is 26.0 Å². The topological polar surface area (TPSA) is 79.0 Å². The van der Waals surface area contributed by atoms with E-state index in [1.165, 1.54) is 10.7 Å². The average molecular weight is 424 g/mol. The molecule has 0 unspecified atom stereocenters. The van der Waals surface area contributed by atoms with Crippen molar-refractivity contribution in [3.63, 3.8) is 0 Å². The lowest BCUT2D eigenvalue weighted by molar-refractivity contribution is -0.122. The van der Waals surface area contributed by atoms with E-state index in [0.717, 1.165) is 38.0 Å². The minimum atomic E-state index is -3.47. The van der Waals surface area contributed by atoms with Gasteiger partial charge in [-0.05, 0) is 49.9 Å². The van der Waals surface area contributed by atoms with E-state index in [2.05, 4.69) is 17.1 Å². The van der Waals surface area contributed by atoms with Crippen LogP contribution in [0, 0.1) is 0 Å². The highest BCUT2D eigenvalue weighted by Crippen LogP contribution is 2.18. The molecule has 1 amide bonds. The van der Waals surface area contributed by atoms with Crippen LogP contribution in [0.1, 0.15) is 38.2 Å². The van der Waals surface area contributed by atoms with E-state index in [1.54, 1.807) is 12.1 Å². The molecule has 162 valence electrons. The molecular weight excluding hydrogens is 390 g/mol. The third-order valence-corrected chi connectivity index (χ3v) is 7.58. The number of carbonyl (C=O) groups excluding carboxylic acids is 1. The quantitative estimate of drug-likeness (QED) is 0.688. The maximum absolute atomic E-state index is 12.7. The number of morpholine rings is 1. The van der Waals surface area contributed by atoms with Crippen molar-refractivity contribution in [2.45, 2.75) is 50.0 Å². The van der Waals surface area contributed by atoms with E-state index in [0.29, 0.717) is 44.0 Å². The Morgan fingerprint density at radius 3 is 2.38 bits per heavy atom. The summed E-state index contributed by atoms with van der Waals surface area (Å²) in [6.45, 7) is 7.09. The molecule has 0 aromatic heterocycles. The van der Waals surface area contributed by atoms with Crippen LogP contribution >= 0.6 is 0 Å². The molecule has 0 spiro atoms. The van der Waals surface area contributed by atoms with Gasteiger partial charge in [-0.3, -0.25) is 4.79 Å². The van der Waals surface area contributed by atoms with Gasteiger partial charge in [-0.15, -0.1) is 0 Å². The lowest BCUT2D eigenvalue weighted by atomic mass is 10.0. The SMILES string of the molecule is CCCN1CCC(NC(=O)CCc2ccc(S(=O)(=O)N3CCOCC3)cc2)CC1. The van der Waals surface area contributed by atoms with Gasteiger partial charge in [-0.2, -0.15) is 4.31 Å². The molecule has 1 aromatic carbocycles. The van der Waals surface area contributed by atoms with Crippen molar-refractivity contribution in [1.29, 1.82) is 0 Å². The van der Waals surface area contributed by atoms with Gasteiger partial charge in [0.15, 0.2) is 0 Å². The van der Waals surface area contributed by atoms with Crippen molar-refractivity contribution in [2.75, 3.05) is 45.9 Å². The summed E-state index contributed by atoms with van der Waals surface area (Å²) in [7, 11) is -3.47. The number of ether oxygens (including phenoxy) is 1. The molecular formula is C21H33N3O4S. The van der Waals surface area contributed by atoms with E-state index in [1.807, 2.05) is 12.1 Å². The smallest absolute Gasteiger partial charge is 0.243 e. The number of likely N-dealkylation sites (tertiary alicyclic amines) is 1. The van der Waals surface area contributed by atoms with Crippen molar-refractivity contribution in [2.24, 2.45) is 0 Å². The number of sulfonamides is 1. The second kappa shape index (κ2) is 10.5. The second-order valence-electron chi connectivity index (χ2n) is 7.84. The minimum absolute atomic E-state index is 0.0731. The number of amides is 1.